The van der Waals surface area contributed by atoms with Crippen molar-refractivity contribution in [2.75, 3.05) is 11.4 Å². The zero-order chi connectivity index (χ0) is 17.0. The largest absolute Gasteiger partial charge is 0.464 e. The van der Waals surface area contributed by atoms with Crippen LogP contribution in [-0.4, -0.2) is 29.7 Å². The second kappa shape index (κ2) is 7.20. The first-order chi connectivity index (χ1) is 10.9. The van der Waals surface area contributed by atoms with Crippen molar-refractivity contribution in [1.82, 2.24) is 10.9 Å². The van der Waals surface area contributed by atoms with E-state index in [0.29, 0.717) is 10.6 Å². The van der Waals surface area contributed by atoms with Gasteiger partial charge in [0.25, 0.3) is 0 Å². The maximum atomic E-state index is 11.8. The van der Waals surface area contributed by atoms with Crippen LogP contribution in [0.2, 0.25) is 5.02 Å². The predicted molar refractivity (Wildman–Crippen MR) is 85.2 cm³/mol. The van der Waals surface area contributed by atoms with Gasteiger partial charge >= 0.3 is 6.09 Å². The minimum atomic E-state index is -1.31. The van der Waals surface area contributed by atoms with E-state index in [4.69, 9.17) is 22.0 Å². The second-order valence-corrected chi connectivity index (χ2v) is 5.73. The number of rotatable bonds is 3. The van der Waals surface area contributed by atoms with Crippen LogP contribution in [0.4, 0.5) is 10.5 Å². The van der Waals surface area contributed by atoms with E-state index in [1.807, 2.05) is 24.5 Å². The molecule has 0 bridgehead atoms. The summed E-state index contributed by atoms with van der Waals surface area (Å²) in [5.41, 5.74) is 6.12. The molecule has 0 saturated carbocycles. The SMILES string of the molecule is Cc1c(N2CCCC2CC(=O)NNC(=O)O)ccc(C#N)c1Cl. The van der Waals surface area contributed by atoms with Crippen LogP contribution in [0.25, 0.3) is 0 Å². The van der Waals surface area contributed by atoms with Crippen LogP contribution in [0, 0.1) is 18.3 Å². The van der Waals surface area contributed by atoms with Gasteiger partial charge in [0.05, 0.1) is 10.6 Å². The van der Waals surface area contributed by atoms with E-state index < -0.39 is 6.09 Å². The summed E-state index contributed by atoms with van der Waals surface area (Å²) < 4.78 is 0. The summed E-state index contributed by atoms with van der Waals surface area (Å²) >= 11 is 6.21. The van der Waals surface area contributed by atoms with Crippen molar-refractivity contribution in [1.29, 1.82) is 5.26 Å². The molecule has 1 aromatic rings. The van der Waals surface area contributed by atoms with E-state index >= 15 is 0 Å². The smallest absolute Gasteiger partial charge is 0.423 e. The molecule has 8 heteroatoms. The quantitative estimate of drug-likeness (QED) is 0.734. The minimum absolute atomic E-state index is 0.0340. The van der Waals surface area contributed by atoms with Crippen molar-refractivity contribution in [3.05, 3.63) is 28.3 Å². The highest BCUT2D eigenvalue weighted by molar-refractivity contribution is 6.32. The first-order valence-corrected chi connectivity index (χ1v) is 7.55. The van der Waals surface area contributed by atoms with Crippen LogP contribution >= 0.6 is 11.6 Å². The van der Waals surface area contributed by atoms with Crippen molar-refractivity contribution < 1.29 is 14.7 Å². The van der Waals surface area contributed by atoms with E-state index in [1.54, 1.807) is 6.07 Å². The number of hydrazine groups is 1. The molecular formula is C15H17ClN4O3. The van der Waals surface area contributed by atoms with Gasteiger partial charge in [0.15, 0.2) is 0 Å². The normalized spacial score (nSPS) is 16.7. The summed E-state index contributed by atoms with van der Waals surface area (Å²) in [7, 11) is 0. The molecule has 122 valence electrons. The third-order valence-electron chi connectivity index (χ3n) is 3.89. The number of carbonyl (C=O) groups excluding carboxylic acids is 1. The number of hydrogen-bond acceptors (Lipinski definition) is 4. The number of nitriles is 1. The summed E-state index contributed by atoms with van der Waals surface area (Å²) in [4.78, 5) is 24.3. The number of benzene rings is 1. The molecular weight excluding hydrogens is 320 g/mol. The van der Waals surface area contributed by atoms with Crippen molar-refractivity contribution >= 4 is 29.3 Å². The van der Waals surface area contributed by atoms with Gasteiger partial charge in [0.1, 0.15) is 6.07 Å². The van der Waals surface area contributed by atoms with Gasteiger partial charge in [0.2, 0.25) is 5.91 Å². The van der Waals surface area contributed by atoms with Crippen molar-refractivity contribution in [3.63, 3.8) is 0 Å². The average molecular weight is 337 g/mol. The molecule has 7 nitrogen and oxygen atoms in total. The topological polar surface area (TPSA) is 105 Å². The molecule has 0 spiro atoms. The number of halogens is 1. The molecule has 1 saturated heterocycles. The van der Waals surface area contributed by atoms with E-state index in [-0.39, 0.29) is 18.4 Å². The molecule has 1 aliphatic heterocycles. The lowest BCUT2D eigenvalue weighted by atomic mass is 10.1. The van der Waals surface area contributed by atoms with Crippen molar-refractivity contribution in [2.24, 2.45) is 0 Å². The lowest BCUT2D eigenvalue weighted by Crippen LogP contribution is -2.43. The number of carboxylic acid groups (broad SMARTS) is 1. The Morgan fingerprint density at radius 3 is 2.87 bits per heavy atom. The number of carbonyl (C=O) groups is 2. The number of anilines is 1. The molecule has 1 unspecified atom stereocenters. The summed E-state index contributed by atoms with van der Waals surface area (Å²) in [6.07, 6.45) is 0.632. The molecule has 2 rings (SSSR count). The Bertz CT molecular complexity index is 671. The van der Waals surface area contributed by atoms with Crippen molar-refractivity contribution in [2.45, 2.75) is 32.2 Å². The van der Waals surface area contributed by atoms with E-state index in [0.717, 1.165) is 30.6 Å². The molecule has 0 radical (unpaired) electrons. The summed E-state index contributed by atoms with van der Waals surface area (Å²) in [6, 6.07) is 5.52. The molecule has 1 aromatic carbocycles. The van der Waals surface area contributed by atoms with Crippen LogP contribution in [0.15, 0.2) is 12.1 Å². The predicted octanol–water partition coefficient (Wildman–Crippen LogP) is 2.18. The van der Waals surface area contributed by atoms with Crippen molar-refractivity contribution in [3.8, 4) is 6.07 Å². The molecule has 3 N–H and O–H groups in total. The standard InChI is InChI=1S/C15H17ClN4O3/c1-9-12(5-4-10(8-17)14(9)16)20-6-2-3-11(20)7-13(21)18-19-15(22)23/h4-5,11,19H,2-3,6-7H2,1H3,(H,18,21)(H,22,23). The highest BCUT2D eigenvalue weighted by Crippen LogP contribution is 2.34. The fourth-order valence-electron chi connectivity index (χ4n) is 2.83. The average Bonchev–Trinajstić information content (AvgIpc) is 2.96. The lowest BCUT2D eigenvalue weighted by Gasteiger charge is -2.28. The Kier molecular flexibility index (Phi) is 5.29. The lowest BCUT2D eigenvalue weighted by molar-refractivity contribution is -0.122. The van der Waals surface area contributed by atoms with Gasteiger partial charge in [0, 0.05) is 24.7 Å². The summed E-state index contributed by atoms with van der Waals surface area (Å²) in [6.45, 7) is 2.63. The second-order valence-electron chi connectivity index (χ2n) is 5.35. The van der Waals surface area contributed by atoms with Crippen LogP contribution in [-0.2, 0) is 4.79 Å². The number of nitrogens with zero attached hydrogens (tertiary/aromatic N) is 2. The third kappa shape index (κ3) is 3.85. The number of hydrogen-bond donors (Lipinski definition) is 3. The number of nitrogens with one attached hydrogen (secondary N) is 2. The van der Waals surface area contributed by atoms with Crippen LogP contribution in [0.5, 0.6) is 0 Å². The maximum absolute atomic E-state index is 11.8. The third-order valence-corrected chi connectivity index (χ3v) is 4.38. The maximum Gasteiger partial charge on any atom is 0.423 e. The molecule has 1 aliphatic rings. The first kappa shape index (κ1) is 16.9. The van der Waals surface area contributed by atoms with E-state index in [9.17, 15) is 9.59 Å². The number of amides is 2. The highest BCUT2D eigenvalue weighted by Gasteiger charge is 2.28. The van der Waals surface area contributed by atoms with Crippen LogP contribution < -0.4 is 15.8 Å². The minimum Gasteiger partial charge on any atom is -0.464 e. The monoisotopic (exact) mass is 336 g/mol. The Labute approximate surface area is 138 Å². The Morgan fingerprint density at radius 2 is 2.22 bits per heavy atom. The van der Waals surface area contributed by atoms with Crippen LogP contribution in [0.3, 0.4) is 0 Å². The molecule has 1 fully saturated rings. The molecule has 1 atom stereocenters. The van der Waals surface area contributed by atoms with Gasteiger partial charge in [-0.3, -0.25) is 10.2 Å². The zero-order valence-electron chi connectivity index (χ0n) is 12.6. The van der Waals surface area contributed by atoms with Gasteiger partial charge in [-0.05, 0) is 37.5 Å². The molecule has 1 heterocycles. The summed E-state index contributed by atoms with van der Waals surface area (Å²) in [5.74, 6) is -0.387. The molecule has 2 amide bonds. The van der Waals surface area contributed by atoms with E-state index in [2.05, 4.69) is 10.3 Å². The Morgan fingerprint density at radius 1 is 1.48 bits per heavy atom. The Balaban J connectivity index is 2.13. The fraction of sp³-hybridized carbons (Fsp3) is 0.400. The highest BCUT2D eigenvalue weighted by atomic mass is 35.5. The van der Waals surface area contributed by atoms with Gasteiger partial charge in [-0.2, -0.15) is 5.26 Å². The summed E-state index contributed by atoms with van der Waals surface area (Å²) in [5, 5.41) is 17.9. The fourth-order valence-corrected chi connectivity index (χ4v) is 3.03. The Hall–Kier alpha value is -2.46. The zero-order valence-corrected chi connectivity index (χ0v) is 13.4. The van der Waals surface area contributed by atoms with Gasteiger partial charge in [-0.15, -0.1) is 0 Å². The van der Waals surface area contributed by atoms with Gasteiger partial charge < -0.3 is 10.0 Å². The molecule has 0 aliphatic carbocycles. The first-order valence-electron chi connectivity index (χ1n) is 7.17. The van der Waals surface area contributed by atoms with Gasteiger partial charge in [-0.25, -0.2) is 10.2 Å². The van der Waals surface area contributed by atoms with Crippen LogP contribution in [0.1, 0.15) is 30.4 Å². The molecule has 23 heavy (non-hydrogen) atoms. The van der Waals surface area contributed by atoms with Gasteiger partial charge in [-0.1, -0.05) is 11.6 Å². The van der Waals surface area contributed by atoms with E-state index in [1.165, 1.54) is 0 Å². The molecule has 0 aromatic heterocycles.